The maximum absolute atomic E-state index is 13.8. The van der Waals surface area contributed by atoms with Crippen LogP contribution in [0.1, 0.15) is 19.3 Å². The molecule has 8 heteroatoms. The van der Waals surface area contributed by atoms with Crippen LogP contribution in [0.25, 0.3) is 11.3 Å². The molecule has 0 spiro atoms. The van der Waals surface area contributed by atoms with E-state index in [1.165, 1.54) is 24.5 Å². The van der Waals surface area contributed by atoms with Crippen molar-refractivity contribution in [2.75, 3.05) is 19.0 Å². The zero-order valence-corrected chi connectivity index (χ0v) is 15.0. The highest BCUT2D eigenvalue weighted by molar-refractivity contribution is 7.14. The number of carbonyl (C=O) groups excluding carboxylic acids is 2. The molecule has 6 nitrogen and oxygen atoms in total. The van der Waals surface area contributed by atoms with Crippen molar-refractivity contribution in [3.63, 3.8) is 0 Å². The number of anilines is 1. The first kappa shape index (κ1) is 17.0. The second-order valence-corrected chi connectivity index (χ2v) is 7.41. The number of halogens is 1. The zero-order valence-electron chi connectivity index (χ0n) is 14.2. The molecule has 0 bridgehead atoms. The quantitative estimate of drug-likeness (QED) is 0.872. The second kappa shape index (κ2) is 6.68. The van der Waals surface area contributed by atoms with Crippen molar-refractivity contribution in [1.29, 1.82) is 0 Å². The van der Waals surface area contributed by atoms with Crippen molar-refractivity contribution in [3.8, 4) is 17.0 Å². The number of hydrogen-bond donors (Lipinski definition) is 1. The molecule has 2 aromatic rings. The molecule has 1 aromatic carbocycles. The Morgan fingerprint density at radius 1 is 1.42 bits per heavy atom. The number of likely N-dealkylation sites (tertiary alicyclic amines) is 1. The Kier molecular flexibility index (Phi) is 4.36. The molecule has 2 heterocycles. The van der Waals surface area contributed by atoms with E-state index in [-0.39, 0.29) is 29.9 Å². The highest BCUT2D eigenvalue weighted by Crippen LogP contribution is 2.33. The van der Waals surface area contributed by atoms with Crippen LogP contribution >= 0.6 is 11.3 Å². The molecule has 1 aromatic heterocycles. The van der Waals surface area contributed by atoms with Gasteiger partial charge in [-0.1, -0.05) is 0 Å². The Labute approximate surface area is 154 Å². The van der Waals surface area contributed by atoms with Crippen LogP contribution < -0.4 is 10.1 Å². The minimum atomic E-state index is -0.465. The highest BCUT2D eigenvalue weighted by atomic mass is 32.1. The number of rotatable bonds is 5. The topological polar surface area (TPSA) is 71.5 Å². The summed E-state index contributed by atoms with van der Waals surface area (Å²) in [4.78, 5) is 30.6. The third-order valence-corrected chi connectivity index (χ3v) is 5.46. The Morgan fingerprint density at radius 2 is 2.23 bits per heavy atom. The Balaban J connectivity index is 1.42. The number of aromatic nitrogens is 1. The largest absolute Gasteiger partial charge is 0.494 e. The van der Waals surface area contributed by atoms with Gasteiger partial charge >= 0.3 is 0 Å². The summed E-state index contributed by atoms with van der Waals surface area (Å²) in [5.74, 6) is -0.768. The standard InChI is InChI=1S/C18H18FN3O3S/c1-25-15-5-2-10(6-13(15)19)14-9-26-18(20-14)21-17(24)11-7-16(23)22(8-11)12-3-4-12/h2,5-6,9,11-12H,3-4,7-8H2,1H3,(H,20,21,24). The predicted octanol–water partition coefficient (Wildman–Crippen LogP) is 2.91. The van der Waals surface area contributed by atoms with E-state index in [9.17, 15) is 14.0 Å². The monoisotopic (exact) mass is 375 g/mol. The van der Waals surface area contributed by atoms with Crippen LogP contribution in [0.4, 0.5) is 9.52 Å². The first-order valence-electron chi connectivity index (χ1n) is 8.45. The van der Waals surface area contributed by atoms with Crippen LogP contribution in [-0.4, -0.2) is 41.4 Å². The van der Waals surface area contributed by atoms with Gasteiger partial charge in [0.15, 0.2) is 16.7 Å². The highest BCUT2D eigenvalue weighted by Gasteiger charge is 2.41. The minimum absolute atomic E-state index is 0.0567. The molecule has 26 heavy (non-hydrogen) atoms. The average Bonchev–Trinajstić information content (AvgIpc) is 3.23. The maximum Gasteiger partial charge on any atom is 0.231 e. The van der Waals surface area contributed by atoms with Gasteiger partial charge in [-0.3, -0.25) is 9.59 Å². The van der Waals surface area contributed by atoms with Gasteiger partial charge in [0, 0.05) is 30.0 Å². The SMILES string of the molecule is COc1ccc(-c2csc(NC(=O)C3CC(=O)N(C4CC4)C3)n2)cc1F. The number of carbonyl (C=O) groups is 2. The molecule has 1 aliphatic carbocycles. The van der Waals surface area contributed by atoms with Crippen molar-refractivity contribution in [1.82, 2.24) is 9.88 Å². The third kappa shape index (κ3) is 3.29. The number of benzene rings is 1. The number of methoxy groups -OCH3 is 1. The molecule has 0 radical (unpaired) electrons. The van der Waals surface area contributed by atoms with Crippen LogP contribution in [0.5, 0.6) is 5.75 Å². The van der Waals surface area contributed by atoms with Gasteiger partial charge in [0.1, 0.15) is 0 Å². The average molecular weight is 375 g/mol. The fraction of sp³-hybridized carbons (Fsp3) is 0.389. The van der Waals surface area contributed by atoms with Crippen molar-refractivity contribution >= 4 is 28.3 Å². The lowest BCUT2D eigenvalue weighted by molar-refractivity contribution is -0.128. The fourth-order valence-electron chi connectivity index (χ4n) is 3.14. The van der Waals surface area contributed by atoms with Gasteiger partial charge in [-0.2, -0.15) is 0 Å². The van der Waals surface area contributed by atoms with Gasteiger partial charge in [-0.15, -0.1) is 11.3 Å². The molecule has 1 aliphatic heterocycles. The Hall–Kier alpha value is -2.48. The van der Waals surface area contributed by atoms with E-state index in [0.717, 1.165) is 12.8 Å². The van der Waals surface area contributed by atoms with Crippen LogP contribution in [0.15, 0.2) is 23.6 Å². The lowest BCUT2D eigenvalue weighted by Crippen LogP contribution is -2.29. The molecular weight excluding hydrogens is 357 g/mol. The number of ether oxygens (including phenoxy) is 1. The van der Waals surface area contributed by atoms with E-state index in [1.54, 1.807) is 17.5 Å². The smallest absolute Gasteiger partial charge is 0.231 e. The molecule has 1 saturated heterocycles. The van der Waals surface area contributed by atoms with Gasteiger partial charge in [0.05, 0.1) is 18.7 Å². The molecule has 1 saturated carbocycles. The maximum atomic E-state index is 13.8. The van der Waals surface area contributed by atoms with E-state index in [1.807, 2.05) is 4.90 Å². The molecule has 136 valence electrons. The van der Waals surface area contributed by atoms with Crippen molar-refractivity contribution in [2.24, 2.45) is 5.92 Å². The summed E-state index contributed by atoms with van der Waals surface area (Å²) in [6.07, 6.45) is 2.33. The Morgan fingerprint density at radius 3 is 2.92 bits per heavy atom. The Bertz CT molecular complexity index is 865. The van der Waals surface area contributed by atoms with Crippen molar-refractivity contribution in [3.05, 3.63) is 29.4 Å². The van der Waals surface area contributed by atoms with E-state index in [4.69, 9.17) is 4.74 Å². The third-order valence-electron chi connectivity index (χ3n) is 4.70. The summed E-state index contributed by atoms with van der Waals surface area (Å²) in [7, 11) is 1.41. The predicted molar refractivity (Wildman–Crippen MR) is 95.5 cm³/mol. The number of hydrogen-bond acceptors (Lipinski definition) is 5. The lowest BCUT2D eigenvalue weighted by Gasteiger charge is -2.14. The minimum Gasteiger partial charge on any atom is -0.494 e. The number of thiazole rings is 1. The normalized spacial score (nSPS) is 19.7. The zero-order chi connectivity index (χ0) is 18.3. The van der Waals surface area contributed by atoms with Crippen LogP contribution in [0.2, 0.25) is 0 Å². The lowest BCUT2D eigenvalue weighted by atomic mass is 10.1. The van der Waals surface area contributed by atoms with Crippen LogP contribution in [-0.2, 0) is 9.59 Å². The fourth-order valence-corrected chi connectivity index (χ4v) is 3.87. The molecule has 2 fully saturated rings. The van der Waals surface area contributed by atoms with Gasteiger partial charge in [-0.05, 0) is 31.0 Å². The number of nitrogens with one attached hydrogen (secondary N) is 1. The van der Waals surface area contributed by atoms with Gasteiger partial charge in [0.25, 0.3) is 0 Å². The van der Waals surface area contributed by atoms with E-state index in [2.05, 4.69) is 10.3 Å². The number of nitrogens with zero attached hydrogens (tertiary/aromatic N) is 2. The molecule has 1 atom stereocenters. The van der Waals surface area contributed by atoms with Gasteiger partial charge in [0.2, 0.25) is 11.8 Å². The van der Waals surface area contributed by atoms with E-state index < -0.39 is 5.82 Å². The van der Waals surface area contributed by atoms with Gasteiger partial charge in [-0.25, -0.2) is 9.37 Å². The van der Waals surface area contributed by atoms with E-state index >= 15 is 0 Å². The summed E-state index contributed by atoms with van der Waals surface area (Å²) >= 11 is 1.27. The molecule has 1 N–H and O–H groups in total. The van der Waals surface area contributed by atoms with Crippen molar-refractivity contribution < 1.29 is 18.7 Å². The molecular formula is C18H18FN3O3S. The first-order valence-corrected chi connectivity index (χ1v) is 9.33. The summed E-state index contributed by atoms with van der Waals surface area (Å²) in [5, 5.41) is 4.98. The van der Waals surface area contributed by atoms with Crippen LogP contribution in [0, 0.1) is 11.7 Å². The second-order valence-electron chi connectivity index (χ2n) is 6.55. The molecule has 2 amide bonds. The first-order chi connectivity index (χ1) is 12.5. The summed E-state index contributed by atoms with van der Waals surface area (Å²) in [5.41, 5.74) is 1.19. The molecule has 2 aliphatic rings. The number of amides is 2. The van der Waals surface area contributed by atoms with Crippen molar-refractivity contribution in [2.45, 2.75) is 25.3 Å². The summed E-state index contributed by atoms with van der Waals surface area (Å²) < 4.78 is 18.8. The molecule has 1 unspecified atom stereocenters. The van der Waals surface area contributed by atoms with E-state index in [0.29, 0.717) is 29.0 Å². The van der Waals surface area contributed by atoms with Gasteiger partial charge < -0.3 is 15.0 Å². The molecule has 4 rings (SSSR count). The summed E-state index contributed by atoms with van der Waals surface area (Å²) in [6, 6.07) is 4.93. The van der Waals surface area contributed by atoms with Crippen LogP contribution in [0.3, 0.4) is 0 Å². The summed E-state index contributed by atoms with van der Waals surface area (Å²) in [6.45, 7) is 0.483.